The molecule has 0 aliphatic rings. The van der Waals surface area contributed by atoms with E-state index in [0.717, 1.165) is 17.7 Å². The second kappa shape index (κ2) is 9.15. The molecule has 0 spiro atoms. The standard InChI is InChI=1S/C24H25N3O2/c1-4-18-9-11-20(12-10-18)26-23(28)19-13-14-25-22(16-19)24(29)27(5-2)21-8-6-7-17(3)15-21/h6-16H,4-5H2,1-3H3,(H,26,28). The monoisotopic (exact) mass is 387 g/mol. The third-order valence-electron chi connectivity index (χ3n) is 4.74. The highest BCUT2D eigenvalue weighted by atomic mass is 16.2. The molecule has 0 saturated heterocycles. The summed E-state index contributed by atoms with van der Waals surface area (Å²) < 4.78 is 0. The SMILES string of the molecule is CCc1ccc(NC(=O)c2ccnc(C(=O)N(CC)c3cccc(C)c3)c2)cc1. The Balaban J connectivity index is 1.80. The van der Waals surface area contributed by atoms with Gasteiger partial charge in [-0.15, -0.1) is 0 Å². The van der Waals surface area contributed by atoms with Crippen LogP contribution in [0.3, 0.4) is 0 Å². The number of hydrogen-bond acceptors (Lipinski definition) is 3. The van der Waals surface area contributed by atoms with Gasteiger partial charge in [0.15, 0.2) is 0 Å². The molecular formula is C24H25N3O2. The van der Waals surface area contributed by atoms with E-state index in [9.17, 15) is 9.59 Å². The molecule has 0 radical (unpaired) electrons. The molecule has 2 aromatic carbocycles. The zero-order valence-electron chi connectivity index (χ0n) is 17.0. The van der Waals surface area contributed by atoms with Crippen LogP contribution in [-0.4, -0.2) is 23.3 Å². The molecule has 3 rings (SSSR count). The molecule has 0 aliphatic carbocycles. The Kier molecular flexibility index (Phi) is 6.39. The van der Waals surface area contributed by atoms with Crippen LogP contribution in [0.4, 0.5) is 11.4 Å². The minimum absolute atomic E-state index is 0.236. The van der Waals surface area contributed by atoms with Crippen molar-refractivity contribution in [3.05, 3.63) is 89.2 Å². The van der Waals surface area contributed by atoms with E-state index in [1.165, 1.54) is 17.8 Å². The van der Waals surface area contributed by atoms with Crippen molar-refractivity contribution in [1.82, 2.24) is 4.98 Å². The number of nitrogens with zero attached hydrogens (tertiary/aromatic N) is 2. The van der Waals surface area contributed by atoms with Gasteiger partial charge in [0.1, 0.15) is 5.69 Å². The fourth-order valence-electron chi connectivity index (χ4n) is 3.09. The van der Waals surface area contributed by atoms with Crippen molar-refractivity contribution in [1.29, 1.82) is 0 Å². The molecule has 0 unspecified atom stereocenters. The van der Waals surface area contributed by atoms with Gasteiger partial charge in [0.05, 0.1) is 0 Å². The zero-order chi connectivity index (χ0) is 20.8. The van der Waals surface area contributed by atoms with Crippen molar-refractivity contribution in [3.63, 3.8) is 0 Å². The van der Waals surface area contributed by atoms with Crippen LogP contribution in [0.15, 0.2) is 66.9 Å². The van der Waals surface area contributed by atoms with E-state index >= 15 is 0 Å². The normalized spacial score (nSPS) is 10.4. The summed E-state index contributed by atoms with van der Waals surface area (Å²) in [6, 6.07) is 18.6. The van der Waals surface area contributed by atoms with Gasteiger partial charge in [-0.3, -0.25) is 14.6 Å². The van der Waals surface area contributed by atoms with Gasteiger partial charge in [0.25, 0.3) is 11.8 Å². The van der Waals surface area contributed by atoms with Crippen molar-refractivity contribution in [2.75, 3.05) is 16.8 Å². The Bertz CT molecular complexity index is 1010. The first-order valence-electron chi connectivity index (χ1n) is 9.76. The van der Waals surface area contributed by atoms with Crippen LogP contribution < -0.4 is 10.2 Å². The number of carbonyl (C=O) groups is 2. The Morgan fingerprint density at radius 3 is 2.41 bits per heavy atom. The molecule has 1 heterocycles. The summed E-state index contributed by atoms with van der Waals surface area (Å²) in [5.41, 5.74) is 4.43. The molecule has 1 N–H and O–H groups in total. The lowest BCUT2D eigenvalue weighted by Crippen LogP contribution is -2.31. The number of carbonyl (C=O) groups excluding carboxylic acids is 2. The zero-order valence-corrected chi connectivity index (χ0v) is 17.0. The van der Waals surface area contributed by atoms with Gasteiger partial charge in [-0.25, -0.2) is 0 Å². The van der Waals surface area contributed by atoms with E-state index < -0.39 is 0 Å². The van der Waals surface area contributed by atoms with Crippen LogP contribution in [0.2, 0.25) is 0 Å². The maximum atomic E-state index is 13.0. The van der Waals surface area contributed by atoms with Crippen LogP contribution in [0.1, 0.15) is 45.8 Å². The molecule has 0 aliphatic heterocycles. The largest absolute Gasteiger partial charge is 0.322 e. The van der Waals surface area contributed by atoms with Crippen LogP contribution >= 0.6 is 0 Å². The van der Waals surface area contributed by atoms with Gasteiger partial charge in [0, 0.05) is 29.7 Å². The number of nitrogens with one attached hydrogen (secondary N) is 1. The molecule has 0 atom stereocenters. The number of rotatable bonds is 6. The highest BCUT2D eigenvalue weighted by Crippen LogP contribution is 2.19. The minimum atomic E-state index is -0.274. The van der Waals surface area contributed by atoms with Gasteiger partial charge in [-0.2, -0.15) is 0 Å². The van der Waals surface area contributed by atoms with Crippen molar-refractivity contribution < 1.29 is 9.59 Å². The van der Waals surface area contributed by atoms with E-state index in [2.05, 4.69) is 17.2 Å². The van der Waals surface area contributed by atoms with Gasteiger partial charge >= 0.3 is 0 Å². The molecule has 0 fully saturated rings. The molecule has 148 valence electrons. The summed E-state index contributed by atoms with van der Waals surface area (Å²) in [4.78, 5) is 31.5. The smallest absolute Gasteiger partial charge is 0.276 e. The van der Waals surface area contributed by atoms with E-state index in [4.69, 9.17) is 0 Å². The van der Waals surface area contributed by atoms with E-state index in [1.54, 1.807) is 11.0 Å². The number of aromatic nitrogens is 1. The van der Waals surface area contributed by atoms with E-state index in [0.29, 0.717) is 17.8 Å². The molecule has 5 nitrogen and oxygen atoms in total. The fourth-order valence-corrected chi connectivity index (χ4v) is 3.09. The topological polar surface area (TPSA) is 62.3 Å². The number of benzene rings is 2. The molecular weight excluding hydrogens is 362 g/mol. The van der Waals surface area contributed by atoms with Crippen molar-refractivity contribution >= 4 is 23.2 Å². The molecule has 29 heavy (non-hydrogen) atoms. The second-order valence-corrected chi connectivity index (χ2v) is 6.82. The fraction of sp³-hybridized carbons (Fsp3) is 0.208. The molecule has 3 aromatic rings. The average Bonchev–Trinajstić information content (AvgIpc) is 2.75. The van der Waals surface area contributed by atoms with Crippen LogP contribution in [0.5, 0.6) is 0 Å². The first-order chi connectivity index (χ1) is 14.0. The number of pyridine rings is 1. The summed E-state index contributed by atoms with van der Waals surface area (Å²) in [6.45, 7) is 6.48. The Morgan fingerprint density at radius 2 is 1.76 bits per heavy atom. The van der Waals surface area contributed by atoms with E-state index in [1.807, 2.05) is 62.4 Å². The Hall–Kier alpha value is -3.47. The summed E-state index contributed by atoms with van der Waals surface area (Å²) in [5, 5.41) is 2.87. The quantitative estimate of drug-likeness (QED) is 0.656. The number of anilines is 2. The second-order valence-electron chi connectivity index (χ2n) is 6.82. The maximum Gasteiger partial charge on any atom is 0.276 e. The minimum Gasteiger partial charge on any atom is -0.322 e. The number of amides is 2. The lowest BCUT2D eigenvalue weighted by molar-refractivity contribution is 0.0983. The van der Waals surface area contributed by atoms with Crippen LogP contribution in [0, 0.1) is 6.92 Å². The van der Waals surface area contributed by atoms with Crippen molar-refractivity contribution in [2.24, 2.45) is 0 Å². The first-order valence-corrected chi connectivity index (χ1v) is 9.76. The first kappa shape index (κ1) is 20.3. The number of hydrogen-bond donors (Lipinski definition) is 1. The Labute approximate surface area is 171 Å². The van der Waals surface area contributed by atoms with Crippen molar-refractivity contribution in [3.8, 4) is 0 Å². The van der Waals surface area contributed by atoms with Gasteiger partial charge in [-0.05, 0) is 67.8 Å². The van der Waals surface area contributed by atoms with Crippen molar-refractivity contribution in [2.45, 2.75) is 27.2 Å². The van der Waals surface area contributed by atoms with Gasteiger partial charge in [0.2, 0.25) is 0 Å². The molecule has 0 bridgehead atoms. The van der Waals surface area contributed by atoms with Crippen LogP contribution in [-0.2, 0) is 6.42 Å². The lowest BCUT2D eigenvalue weighted by atomic mass is 10.1. The molecule has 5 heteroatoms. The Morgan fingerprint density at radius 1 is 1.00 bits per heavy atom. The number of aryl methyl sites for hydroxylation is 2. The molecule has 2 amide bonds. The van der Waals surface area contributed by atoms with Gasteiger partial charge in [-0.1, -0.05) is 31.2 Å². The maximum absolute atomic E-state index is 13.0. The highest BCUT2D eigenvalue weighted by molar-refractivity contribution is 6.08. The van der Waals surface area contributed by atoms with E-state index in [-0.39, 0.29) is 17.5 Å². The summed E-state index contributed by atoms with van der Waals surface area (Å²) in [7, 11) is 0. The predicted octanol–water partition coefficient (Wildman–Crippen LogP) is 4.87. The predicted molar refractivity (Wildman–Crippen MR) is 117 cm³/mol. The summed E-state index contributed by atoms with van der Waals surface area (Å²) in [5.74, 6) is -0.510. The third-order valence-corrected chi connectivity index (χ3v) is 4.74. The third kappa shape index (κ3) is 4.88. The summed E-state index contributed by atoms with van der Waals surface area (Å²) >= 11 is 0. The molecule has 0 saturated carbocycles. The summed E-state index contributed by atoms with van der Waals surface area (Å²) in [6.07, 6.45) is 2.44. The van der Waals surface area contributed by atoms with Gasteiger partial charge < -0.3 is 10.2 Å². The average molecular weight is 387 g/mol. The molecule has 1 aromatic heterocycles. The lowest BCUT2D eigenvalue weighted by Gasteiger charge is -2.21. The highest BCUT2D eigenvalue weighted by Gasteiger charge is 2.19. The van der Waals surface area contributed by atoms with Crippen LogP contribution in [0.25, 0.3) is 0 Å².